The van der Waals surface area contributed by atoms with E-state index in [4.69, 9.17) is 0 Å². The van der Waals surface area contributed by atoms with Crippen molar-refractivity contribution in [2.45, 2.75) is 45.6 Å². The molecule has 1 atom stereocenters. The van der Waals surface area contributed by atoms with Crippen molar-refractivity contribution in [2.75, 3.05) is 11.9 Å². The van der Waals surface area contributed by atoms with E-state index in [9.17, 15) is 4.79 Å². The number of carbonyl (C=O) groups is 1. The first-order valence-corrected chi connectivity index (χ1v) is 7.22. The molecule has 1 fully saturated rings. The van der Waals surface area contributed by atoms with Crippen molar-refractivity contribution < 1.29 is 4.79 Å². The highest BCUT2D eigenvalue weighted by molar-refractivity contribution is 5.92. The van der Waals surface area contributed by atoms with Crippen LogP contribution in [0.2, 0.25) is 0 Å². The van der Waals surface area contributed by atoms with Gasteiger partial charge >= 0.3 is 0 Å². The lowest BCUT2D eigenvalue weighted by molar-refractivity contribution is 0.0904. The third-order valence-electron chi connectivity index (χ3n) is 3.75. The molecule has 104 valence electrons. The molecule has 0 radical (unpaired) electrons. The molecular weight excluding hydrogens is 238 g/mol. The van der Waals surface area contributed by atoms with Crippen LogP contribution >= 0.6 is 0 Å². The molecule has 2 rings (SSSR count). The highest BCUT2D eigenvalue weighted by atomic mass is 16.1. The molecule has 1 aromatic rings. The molecule has 0 saturated heterocycles. The molecule has 4 heteroatoms. The molecule has 2 N–H and O–H groups in total. The van der Waals surface area contributed by atoms with Crippen LogP contribution in [0.25, 0.3) is 0 Å². The predicted octanol–water partition coefficient (Wildman–Crippen LogP) is 2.82. The zero-order valence-corrected chi connectivity index (χ0v) is 11.8. The predicted molar refractivity (Wildman–Crippen MR) is 77.3 cm³/mol. The minimum Gasteiger partial charge on any atom is -0.370 e. The molecule has 1 unspecified atom stereocenters. The van der Waals surface area contributed by atoms with Crippen LogP contribution in [0.4, 0.5) is 5.82 Å². The normalized spacial score (nSPS) is 16.5. The Kier molecular flexibility index (Phi) is 4.77. The topological polar surface area (TPSA) is 54.0 Å². The summed E-state index contributed by atoms with van der Waals surface area (Å²) in [4.78, 5) is 16.5. The van der Waals surface area contributed by atoms with E-state index in [1.165, 1.54) is 19.3 Å². The molecule has 0 aromatic carbocycles. The van der Waals surface area contributed by atoms with Crippen molar-refractivity contribution in [1.82, 2.24) is 10.3 Å². The summed E-state index contributed by atoms with van der Waals surface area (Å²) in [5.74, 6) is 1.34. The molecular formula is C15H23N3O. The molecule has 1 aromatic heterocycles. The standard InChI is InChI=1S/C15H23N3O/c1-3-10-16-14-9-5-8-13(18-14)15(19)17-11(2)12-6-4-7-12/h5,8-9,11-12H,3-4,6-7,10H2,1-2H3,(H,16,18)(H,17,19). The number of carbonyl (C=O) groups excluding carboxylic acids is 1. The Labute approximate surface area is 115 Å². The second-order valence-corrected chi connectivity index (χ2v) is 5.29. The van der Waals surface area contributed by atoms with Crippen molar-refractivity contribution in [2.24, 2.45) is 5.92 Å². The number of nitrogens with one attached hydrogen (secondary N) is 2. The molecule has 1 saturated carbocycles. The maximum Gasteiger partial charge on any atom is 0.270 e. The lowest BCUT2D eigenvalue weighted by Crippen LogP contribution is -2.41. The van der Waals surface area contributed by atoms with Crippen molar-refractivity contribution in [3.8, 4) is 0 Å². The summed E-state index contributed by atoms with van der Waals surface area (Å²) in [6, 6.07) is 5.77. The Balaban J connectivity index is 1.93. The maximum absolute atomic E-state index is 12.1. The lowest BCUT2D eigenvalue weighted by atomic mass is 9.80. The highest BCUT2D eigenvalue weighted by Gasteiger charge is 2.25. The Bertz CT molecular complexity index is 429. The van der Waals surface area contributed by atoms with Gasteiger partial charge in [-0.15, -0.1) is 0 Å². The SMILES string of the molecule is CCCNc1cccc(C(=O)NC(C)C2CCC2)n1. The zero-order valence-electron chi connectivity index (χ0n) is 11.8. The fraction of sp³-hybridized carbons (Fsp3) is 0.600. The Hall–Kier alpha value is -1.58. The molecule has 1 aliphatic carbocycles. The average Bonchev–Trinajstić information content (AvgIpc) is 2.34. The monoisotopic (exact) mass is 261 g/mol. The minimum absolute atomic E-state index is 0.0699. The Morgan fingerprint density at radius 2 is 2.26 bits per heavy atom. The fourth-order valence-electron chi connectivity index (χ4n) is 2.25. The summed E-state index contributed by atoms with van der Waals surface area (Å²) in [5.41, 5.74) is 0.493. The summed E-state index contributed by atoms with van der Waals surface area (Å²) < 4.78 is 0. The largest absolute Gasteiger partial charge is 0.370 e. The number of amides is 1. The number of aromatic nitrogens is 1. The van der Waals surface area contributed by atoms with Gasteiger partial charge in [-0.05, 0) is 44.2 Å². The second kappa shape index (κ2) is 6.55. The van der Waals surface area contributed by atoms with E-state index in [-0.39, 0.29) is 11.9 Å². The Morgan fingerprint density at radius 1 is 1.47 bits per heavy atom. The van der Waals surface area contributed by atoms with E-state index in [0.717, 1.165) is 18.8 Å². The molecule has 1 amide bonds. The number of anilines is 1. The number of rotatable bonds is 6. The van der Waals surface area contributed by atoms with Gasteiger partial charge in [0, 0.05) is 12.6 Å². The van der Waals surface area contributed by atoms with Gasteiger partial charge in [0.1, 0.15) is 11.5 Å². The van der Waals surface area contributed by atoms with E-state index in [0.29, 0.717) is 11.6 Å². The van der Waals surface area contributed by atoms with Crippen molar-refractivity contribution in [3.63, 3.8) is 0 Å². The maximum atomic E-state index is 12.1. The summed E-state index contributed by atoms with van der Waals surface area (Å²) in [6.07, 6.45) is 4.79. The third-order valence-corrected chi connectivity index (χ3v) is 3.75. The fourth-order valence-corrected chi connectivity index (χ4v) is 2.25. The second-order valence-electron chi connectivity index (χ2n) is 5.29. The van der Waals surface area contributed by atoms with Gasteiger partial charge < -0.3 is 10.6 Å². The van der Waals surface area contributed by atoms with Gasteiger partial charge in [-0.25, -0.2) is 4.98 Å². The van der Waals surface area contributed by atoms with Gasteiger partial charge in [0.15, 0.2) is 0 Å². The minimum atomic E-state index is -0.0699. The summed E-state index contributed by atoms with van der Waals surface area (Å²) >= 11 is 0. The highest BCUT2D eigenvalue weighted by Crippen LogP contribution is 2.29. The van der Waals surface area contributed by atoms with Gasteiger partial charge in [0.25, 0.3) is 5.91 Å². The van der Waals surface area contributed by atoms with Crippen LogP contribution in [0, 0.1) is 5.92 Å². The van der Waals surface area contributed by atoms with Crippen LogP contribution in [0.5, 0.6) is 0 Å². The quantitative estimate of drug-likeness (QED) is 0.828. The number of pyridine rings is 1. The molecule has 19 heavy (non-hydrogen) atoms. The molecule has 0 aliphatic heterocycles. The van der Waals surface area contributed by atoms with Crippen LogP contribution in [-0.4, -0.2) is 23.5 Å². The van der Waals surface area contributed by atoms with Crippen LogP contribution in [-0.2, 0) is 0 Å². The summed E-state index contributed by atoms with van der Waals surface area (Å²) in [6.45, 7) is 5.06. The van der Waals surface area contributed by atoms with Gasteiger partial charge in [0.2, 0.25) is 0 Å². The number of nitrogens with zero attached hydrogens (tertiary/aromatic N) is 1. The van der Waals surface area contributed by atoms with Gasteiger partial charge in [-0.3, -0.25) is 4.79 Å². The lowest BCUT2D eigenvalue weighted by Gasteiger charge is -2.31. The first-order chi connectivity index (χ1) is 9.20. The van der Waals surface area contributed by atoms with Gasteiger partial charge in [-0.2, -0.15) is 0 Å². The van der Waals surface area contributed by atoms with Crippen molar-refractivity contribution in [3.05, 3.63) is 23.9 Å². The first kappa shape index (κ1) is 13.8. The average molecular weight is 261 g/mol. The van der Waals surface area contributed by atoms with Gasteiger partial charge in [0.05, 0.1) is 0 Å². The van der Waals surface area contributed by atoms with E-state index in [2.05, 4.69) is 29.5 Å². The van der Waals surface area contributed by atoms with Crippen LogP contribution < -0.4 is 10.6 Å². The van der Waals surface area contributed by atoms with Crippen molar-refractivity contribution in [1.29, 1.82) is 0 Å². The van der Waals surface area contributed by atoms with E-state index in [1.54, 1.807) is 6.07 Å². The summed E-state index contributed by atoms with van der Waals surface area (Å²) in [7, 11) is 0. The Morgan fingerprint density at radius 3 is 2.89 bits per heavy atom. The van der Waals surface area contributed by atoms with Crippen LogP contribution in [0.1, 0.15) is 50.0 Å². The smallest absolute Gasteiger partial charge is 0.270 e. The number of hydrogen-bond donors (Lipinski definition) is 2. The van der Waals surface area contributed by atoms with Crippen molar-refractivity contribution >= 4 is 11.7 Å². The van der Waals surface area contributed by atoms with Gasteiger partial charge in [-0.1, -0.05) is 19.4 Å². The third kappa shape index (κ3) is 3.69. The summed E-state index contributed by atoms with van der Waals surface area (Å²) in [5, 5.41) is 6.25. The number of hydrogen-bond acceptors (Lipinski definition) is 3. The molecule has 1 aliphatic rings. The molecule has 0 spiro atoms. The van der Waals surface area contributed by atoms with E-state index < -0.39 is 0 Å². The van der Waals surface area contributed by atoms with Crippen LogP contribution in [0.3, 0.4) is 0 Å². The molecule has 1 heterocycles. The molecule has 4 nitrogen and oxygen atoms in total. The zero-order chi connectivity index (χ0) is 13.7. The molecule has 0 bridgehead atoms. The van der Waals surface area contributed by atoms with Crippen LogP contribution in [0.15, 0.2) is 18.2 Å². The van der Waals surface area contributed by atoms with E-state index in [1.807, 2.05) is 12.1 Å². The van der Waals surface area contributed by atoms with E-state index >= 15 is 0 Å². The first-order valence-electron chi connectivity index (χ1n) is 7.22.